The van der Waals surface area contributed by atoms with E-state index in [-0.39, 0.29) is 10.5 Å². The van der Waals surface area contributed by atoms with Crippen molar-refractivity contribution in [3.05, 3.63) is 54.1 Å². The molecule has 0 saturated carbocycles. The van der Waals surface area contributed by atoms with Crippen LogP contribution in [0.4, 0.5) is 5.69 Å². The van der Waals surface area contributed by atoms with Gasteiger partial charge in [0.15, 0.2) is 6.61 Å². The number of carbonyl (C=O) groups is 2. The summed E-state index contributed by atoms with van der Waals surface area (Å²) < 4.78 is 35.5. The highest BCUT2D eigenvalue weighted by atomic mass is 32.2. The maximum Gasteiger partial charge on any atom is 0.338 e. The number of nitrogens with one attached hydrogen (secondary N) is 2. The van der Waals surface area contributed by atoms with Crippen molar-refractivity contribution in [3.8, 4) is 5.75 Å². The third-order valence-electron chi connectivity index (χ3n) is 3.38. The van der Waals surface area contributed by atoms with Crippen LogP contribution in [0, 0.1) is 0 Å². The Morgan fingerprint density at radius 2 is 1.69 bits per heavy atom. The molecule has 0 fully saturated rings. The van der Waals surface area contributed by atoms with E-state index in [0.29, 0.717) is 11.4 Å². The molecule has 2 aromatic rings. The van der Waals surface area contributed by atoms with E-state index < -0.39 is 28.5 Å². The Morgan fingerprint density at radius 1 is 1.04 bits per heavy atom. The van der Waals surface area contributed by atoms with Crippen LogP contribution < -0.4 is 14.8 Å². The molecule has 0 saturated heterocycles. The molecule has 0 aliphatic carbocycles. The molecule has 0 atom stereocenters. The van der Waals surface area contributed by atoms with E-state index in [1.54, 1.807) is 24.3 Å². The number of ether oxygens (including phenoxy) is 2. The fourth-order valence-corrected chi connectivity index (χ4v) is 2.77. The highest BCUT2D eigenvalue weighted by Gasteiger charge is 2.15. The van der Waals surface area contributed by atoms with Gasteiger partial charge >= 0.3 is 5.97 Å². The van der Waals surface area contributed by atoms with E-state index in [9.17, 15) is 18.0 Å². The molecule has 0 aromatic heterocycles. The van der Waals surface area contributed by atoms with E-state index in [1.807, 2.05) is 0 Å². The average molecular weight is 378 g/mol. The van der Waals surface area contributed by atoms with E-state index in [0.717, 1.165) is 0 Å². The van der Waals surface area contributed by atoms with Crippen molar-refractivity contribution in [2.75, 3.05) is 26.1 Å². The van der Waals surface area contributed by atoms with Crippen molar-refractivity contribution in [1.29, 1.82) is 0 Å². The maximum atomic E-state index is 12.0. The number of hydrogen-bond donors (Lipinski definition) is 2. The molecule has 26 heavy (non-hydrogen) atoms. The molecular formula is C17H18N2O6S. The predicted molar refractivity (Wildman–Crippen MR) is 94.6 cm³/mol. The van der Waals surface area contributed by atoms with E-state index in [2.05, 4.69) is 10.0 Å². The molecule has 0 spiro atoms. The van der Waals surface area contributed by atoms with Crippen molar-refractivity contribution >= 4 is 27.6 Å². The van der Waals surface area contributed by atoms with E-state index in [1.165, 1.54) is 38.4 Å². The highest BCUT2D eigenvalue weighted by molar-refractivity contribution is 7.89. The Balaban J connectivity index is 1.95. The monoisotopic (exact) mass is 378 g/mol. The molecule has 0 radical (unpaired) electrons. The van der Waals surface area contributed by atoms with Gasteiger partial charge in [0.2, 0.25) is 10.0 Å². The SMILES string of the molecule is CNS(=O)(=O)c1ccc(C(=O)OCC(=O)Nc2ccccc2OC)cc1. The lowest BCUT2D eigenvalue weighted by Gasteiger charge is -2.10. The summed E-state index contributed by atoms with van der Waals surface area (Å²) in [6.45, 7) is -0.493. The summed E-state index contributed by atoms with van der Waals surface area (Å²) in [4.78, 5) is 23.9. The molecule has 2 rings (SSSR count). The summed E-state index contributed by atoms with van der Waals surface area (Å²) in [5.74, 6) is -0.792. The number of methoxy groups -OCH3 is 1. The third kappa shape index (κ3) is 4.80. The van der Waals surface area contributed by atoms with Gasteiger partial charge in [0.1, 0.15) is 5.75 Å². The Bertz CT molecular complexity index is 894. The molecule has 8 nitrogen and oxygen atoms in total. The zero-order valence-electron chi connectivity index (χ0n) is 14.2. The van der Waals surface area contributed by atoms with Crippen LogP contribution >= 0.6 is 0 Å². The Morgan fingerprint density at radius 3 is 2.31 bits per heavy atom. The first kappa shape index (κ1) is 19.4. The molecule has 0 aliphatic heterocycles. The highest BCUT2D eigenvalue weighted by Crippen LogP contribution is 2.22. The number of rotatable bonds is 7. The van der Waals surface area contributed by atoms with Gasteiger partial charge in [0.05, 0.1) is 23.3 Å². The van der Waals surface area contributed by atoms with E-state index >= 15 is 0 Å². The third-order valence-corrected chi connectivity index (χ3v) is 4.81. The summed E-state index contributed by atoms with van der Waals surface area (Å²) >= 11 is 0. The van der Waals surface area contributed by atoms with Crippen LogP contribution in [0.2, 0.25) is 0 Å². The predicted octanol–water partition coefficient (Wildman–Crippen LogP) is 1.40. The summed E-state index contributed by atoms with van der Waals surface area (Å²) in [6.07, 6.45) is 0. The van der Waals surface area contributed by atoms with Crippen LogP contribution in [0.3, 0.4) is 0 Å². The molecule has 0 aliphatic rings. The van der Waals surface area contributed by atoms with Gasteiger partial charge in [-0.25, -0.2) is 17.9 Å². The Hall–Kier alpha value is -2.91. The molecular weight excluding hydrogens is 360 g/mol. The average Bonchev–Trinajstić information content (AvgIpc) is 2.66. The quantitative estimate of drug-likeness (QED) is 0.705. The van der Waals surface area contributed by atoms with Gasteiger partial charge in [-0.05, 0) is 43.4 Å². The largest absolute Gasteiger partial charge is 0.495 e. The minimum absolute atomic E-state index is 0.0189. The molecule has 138 valence electrons. The molecule has 2 aromatic carbocycles. The fraction of sp³-hybridized carbons (Fsp3) is 0.176. The zero-order chi connectivity index (χ0) is 19.2. The lowest BCUT2D eigenvalue weighted by molar-refractivity contribution is -0.119. The molecule has 0 heterocycles. The minimum Gasteiger partial charge on any atom is -0.495 e. The first-order valence-corrected chi connectivity index (χ1v) is 8.99. The van der Waals surface area contributed by atoms with Gasteiger partial charge in [0.25, 0.3) is 5.91 Å². The number of sulfonamides is 1. The van der Waals surface area contributed by atoms with Crippen LogP contribution in [0.25, 0.3) is 0 Å². The number of carbonyl (C=O) groups excluding carboxylic acids is 2. The molecule has 0 bridgehead atoms. The van der Waals surface area contributed by atoms with E-state index in [4.69, 9.17) is 9.47 Å². The smallest absolute Gasteiger partial charge is 0.338 e. The van der Waals surface area contributed by atoms with Gasteiger partial charge in [-0.3, -0.25) is 4.79 Å². The maximum absolute atomic E-state index is 12.0. The topological polar surface area (TPSA) is 111 Å². The number of esters is 1. The first-order chi connectivity index (χ1) is 12.4. The molecule has 2 N–H and O–H groups in total. The zero-order valence-corrected chi connectivity index (χ0v) is 15.0. The van der Waals surface area contributed by atoms with Crippen LogP contribution in [0.5, 0.6) is 5.75 Å². The lowest BCUT2D eigenvalue weighted by atomic mass is 10.2. The molecule has 0 unspecified atom stereocenters. The standard InChI is InChI=1S/C17H18N2O6S/c1-18-26(22,23)13-9-7-12(8-10-13)17(21)25-11-16(20)19-14-5-3-4-6-15(14)24-2/h3-10,18H,11H2,1-2H3,(H,19,20). The van der Waals surface area contributed by atoms with Gasteiger partial charge in [-0.2, -0.15) is 0 Å². The van der Waals surface area contributed by atoms with Gasteiger partial charge in [-0.1, -0.05) is 12.1 Å². The molecule has 1 amide bonds. The van der Waals surface area contributed by atoms with Crippen molar-refractivity contribution in [2.45, 2.75) is 4.90 Å². The summed E-state index contributed by atoms with van der Waals surface area (Å²) in [7, 11) is -0.821. The van der Waals surface area contributed by atoms with Crippen LogP contribution in [0.1, 0.15) is 10.4 Å². The normalized spacial score (nSPS) is 10.8. The van der Waals surface area contributed by atoms with Crippen molar-refractivity contribution < 1.29 is 27.5 Å². The second-order valence-corrected chi connectivity index (χ2v) is 6.94. The second kappa shape index (κ2) is 8.45. The Kier molecular flexibility index (Phi) is 6.31. The van der Waals surface area contributed by atoms with Crippen molar-refractivity contribution in [1.82, 2.24) is 4.72 Å². The molecule has 9 heteroatoms. The summed E-state index contributed by atoms with van der Waals surface area (Å²) in [5, 5.41) is 2.58. The van der Waals surface area contributed by atoms with Crippen molar-refractivity contribution in [2.24, 2.45) is 0 Å². The van der Waals surface area contributed by atoms with Gasteiger partial charge in [0, 0.05) is 0 Å². The number of anilines is 1. The summed E-state index contributed by atoms with van der Waals surface area (Å²) in [5.41, 5.74) is 0.586. The number of amides is 1. The summed E-state index contributed by atoms with van der Waals surface area (Å²) in [6, 6.07) is 12.0. The van der Waals surface area contributed by atoms with Gasteiger partial charge in [-0.15, -0.1) is 0 Å². The van der Waals surface area contributed by atoms with Crippen LogP contribution in [-0.2, 0) is 19.6 Å². The van der Waals surface area contributed by atoms with Crippen molar-refractivity contribution in [3.63, 3.8) is 0 Å². The lowest BCUT2D eigenvalue weighted by Crippen LogP contribution is -2.21. The number of hydrogen-bond acceptors (Lipinski definition) is 6. The number of para-hydroxylation sites is 2. The first-order valence-electron chi connectivity index (χ1n) is 7.51. The number of benzene rings is 2. The second-order valence-electron chi connectivity index (χ2n) is 5.06. The van der Waals surface area contributed by atoms with Crippen LogP contribution in [-0.4, -0.2) is 41.1 Å². The minimum atomic E-state index is -3.59. The van der Waals surface area contributed by atoms with Crippen LogP contribution in [0.15, 0.2) is 53.4 Å². The Labute approximate surface area is 151 Å². The fourth-order valence-electron chi connectivity index (χ4n) is 2.04. The van der Waals surface area contributed by atoms with Gasteiger partial charge < -0.3 is 14.8 Å².